The topological polar surface area (TPSA) is 122 Å². The second-order valence-electron chi connectivity index (χ2n) is 6.16. The highest BCUT2D eigenvalue weighted by Crippen LogP contribution is 2.36. The Kier molecular flexibility index (Phi) is 4.98. The molecular formula is C18H18N6O3. The molecule has 3 rings (SSSR count). The van der Waals surface area contributed by atoms with E-state index < -0.39 is 11.6 Å². The maximum Gasteiger partial charge on any atom is 0.339 e. The maximum atomic E-state index is 12.2. The van der Waals surface area contributed by atoms with Crippen molar-refractivity contribution in [3.8, 4) is 18.2 Å². The van der Waals surface area contributed by atoms with Crippen LogP contribution in [0.5, 0.6) is 0 Å². The fraction of sp³-hybridized carbons (Fsp3) is 0.333. The van der Waals surface area contributed by atoms with Gasteiger partial charge >= 0.3 is 5.97 Å². The highest BCUT2D eigenvalue weighted by atomic mass is 16.4. The molecule has 0 atom stereocenters. The smallest absolute Gasteiger partial charge is 0.339 e. The van der Waals surface area contributed by atoms with Gasteiger partial charge in [-0.3, -0.25) is 4.79 Å². The molecule has 27 heavy (non-hydrogen) atoms. The quantitative estimate of drug-likeness (QED) is 0.692. The van der Waals surface area contributed by atoms with Crippen LogP contribution in [0.1, 0.15) is 45.7 Å². The minimum Gasteiger partial charge on any atom is -0.478 e. The first-order chi connectivity index (χ1) is 13.0. The van der Waals surface area contributed by atoms with Crippen LogP contribution in [0, 0.1) is 19.3 Å². The van der Waals surface area contributed by atoms with Crippen LogP contribution in [0.2, 0.25) is 0 Å². The Morgan fingerprint density at radius 3 is 2.63 bits per heavy atom. The average Bonchev–Trinajstić information content (AvgIpc) is 3.32. The van der Waals surface area contributed by atoms with Crippen LogP contribution in [0.3, 0.4) is 0 Å². The molecule has 0 unspecified atom stereocenters. The van der Waals surface area contributed by atoms with Crippen molar-refractivity contribution in [2.45, 2.75) is 31.8 Å². The molecule has 0 saturated carbocycles. The summed E-state index contributed by atoms with van der Waals surface area (Å²) in [6, 6.07) is 3.22. The summed E-state index contributed by atoms with van der Waals surface area (Å²) in [5.41, 5.74) is 0.528. The lowest BCUT2D eigenvalue weighted by atomic mass is 10.0. The van der Waals surface area contributed by atoms with Crippen molar-refractivity contribution < 1.29 is 14.7 Å². The molecule has 0 bridgehead atoms. The predicted octanol–water partition coefficient (Wildman–Crippen LogP) is 1.97. The van der Waals surface area contributed by atoms with Gasteiger partial charge in [0.25, 0.3) is 5.91 Å². The van der Waals surface area contributed by atoms with Crippen molar-refractivity contribution in [2.75, 3.05) is 6.54 Å². The Labute approximate surface area is 155 Å². The molecule has 3 heterocycles. The number of amides is 1. The first kappa shape index (κ1) is 18.3. The van der Waals surface area contributed by atoms with Gasteiger partial charge in [-0.1, -0.05) is 0 Å². The molecule has 0 spiro atoms. The van der Waals surface area contributed by atoms with Gasteiger partial charge < -0.3 is 10.4 Å². The van der Waals surface area contributed by atoms with E-state index in [-0.39, 0.29) is 11.5 Å². The number of pyridine rings is 1. The van der Waals surface area contributed by atoms with Gasteiger partial charge in [-0.05, 0) is 19.1 Å². The van der Waals surface area contributed by atoms with Crippen molar-refractivity contribution in [3.05, 3.63) is 41.3 Å². The van der Waals surface area contributed by atoms with Gasteiger partial charge in [-0.25, -0.2) is 14.5 Å². The van der Waals surface area contributed by atoms with E-state index in [1.165, 1.54) is 17.1 Å². The van der Waals surface area contributed by atoms with Gasteiger partial charge in [0, 0.05) is 32.0 Å². The third-order valence-electron chi connectivity index (χ3n) is 4.33. The highest BCUT2D eigenvalue weighted by Gasteiger charge is 2.38. The molecular weight excluding hydrogens is 348 g/mol. The molecule has 2 aromatic rings. The summed E-state index contributed by atoms with van der Waals surface area (Å²) in [5.74, 6) is 1.68. The first-order valence-electron chi connectivity index (χ1n) is 8.36. The van der Waals surface area contributed by atoms with E-state index in [9.17, 15) is 9.59 Å². The van der Waals surface area contributed by atoms with Crippen molar-refractivity contribution in [1.82, 2.24) is 20.1 Å². The lowest BCUT2D eigenvalue weighted by molar-refractivity contribution is 0.0695. The number of rotatable bonds is 8. The van der Waals surface area contributed by atoms with E-state index >= 15 is 0 Å². The van der Waals surface area contributed by atoms with Crippen molar-refractivity contribution in [1.29, 1.82) is 0 Å². The SMILES string of the molecule is C#CCCC1(CCNC(=O)c2ccc(-n3ncc(C(=O)O)c3C)nc2)N=N1. The predicted molar refractivity (Wildman–Crippen MR) is 95.7 cm³/mol. The molecule has 0 radical (unpaired) electrons. The lowest BCUT2D eigenvalue weighted by Gasteiger charge is -2.10. The molecule has 138 valence electrons. The molecule has 1 aliphatic rings. The second kappa shape index (κ2) is 7.37. The van der Waals surface area contributed by atoms with Crippen LogP contribution in [0.25, 0.3) is 5.82 Å². The number of nitrogens with zero attached hydrogens (tertiary/aromatic N) is 5. The molecule has 0 aliphatic carbocycles. The third-order valence-corrected chi connectivity index (χ3v) is 4.33. The van der Waals surface area contributed by atoms with E-state index in [4.69, 9.17) is 11.5 Å². The highest BCUT2D eigenvalue weighted by molar-refractivity contribution is 5.94. The van der Waals surface area contributed by atoms with Crippen LogP contribution in [-0.4, -0.2) is 44.0 Å². The Morgan fingerprint density at radius 1 is 1.30 bits per heavy atom. The number of carboxylic acids is 1. The number of carbonyl (C=O) groups excluding carboxylic acids is 1. The van der Waals surface area contributed by atoms with Gasteiger partial charge in [0.05, 0.1) is 17.5 Å². The zero-order chi connectivity index (χ0) is 19.4. The van der Waals surface area contributed by atoms with E-state index in [0.29, 0.717) is 42.9 Å². The summed E-state index contributed by atoms with van der Waals surface area (Å²) in [6.45, 7) is 2.07. The van der Waals surface area contributed by atoms with Crippen molar-refractivity contribution in [2.24, 2.45) is 10.2 Å². The molecule has 0 fully saturated rings. The number of carboxylic acid groups (broad SMARTS) is 1. The molecule has 1 aliphatic heterocycles. The van der Waals surface area contributed by atoms with Gasteiger partial charge in [0.15, 0.2) is 11.5 Å². The first-order valence-corrected chi connectivity index (χ1v) is 8.36. The van der Waals surface area contributed by atoms with E-state index in [0.717, 1.165) is 0 Å². The van der Waals surface area contributed by atoms with Gasteiger partial charge in [0.2, 0.25) is 0 Å². The standard InChI is InChI=1S/C18H18N6O3/c1-3-4-7-18(22-23-18)8-9-19-16(25)13-5-6-15(20-10-13)24-12(2)14(11-21-24)17(26)27/h1,5-6,10-11H,4,7-9H2,2H3,(H,19,25)(H,26,27). The number of nitrogens with one attached hydrogen (secondary N) is 1. The molecule has 2 N–H and O–H groups in total. The zero-order valence-electron chi connectivity index (χ0n) is 14.7. The summed E-state index contributed by atoms with van der Waals surface area (Å²) in [5, 5.41) is 24.0. The van der Waals surface area contributed by atoms with E-state index in [1.54, 1.807) is 19.1 Å². The van der Waals surface area contributed by atoms with Crippen molar-refractivity contribution in [3.63, 3.8) is 0 Å². The largest absolute Gasteiger partial charge is 0.478 e. The molecule has 0 saturated heterocycles. The normalized spacial score (nSPS) is 13.8. The average molecular weight is 366 g/mol. The number of aromatic carboxylic acids is 1. The lowest BCUT2D eigenvalue weighted by Crippen LogP contribution is -2.28. The minimum absolute atomic E-state index is 0.105. The van der Waals surface area contributed by atoms with Crippen LogP contribution < -0.4 is 5.32 Å². The van der Waals surface area contributed by atoms with Crippen molar-refractivity contribution >= 4 is 11.9 Å². The monoisotopic (exact) mass is 366 g/mol. The molecule has 1 amide bonds. The Hall–Kier alpha value is -3.54. The van der Waals surface area contributed by atoms with E-state index in [2.05, 4.69) is 31.5 Å². The summed E-state index contributed by atoms with van der Waals surface area (Å²) < 4.78 is 1.41. The van der Waals surface area contributed by atoms with Crippen LogP contribution in [0.15, 0.2) is 34.8 Å². The number of aromatic nitrogens is 3. The number of hydrogen-bond acceptors (Lipinski definition) is 6. The molecule has 9 heteroatoms. The van der Waals surface area contributed by atoms with Crippen LogP contribution >= 0.6 is 0 Å². The Balaban J connectivity index is 1.58. The summed E-state index contributed by atoms with van der Waals surface area (Å²) in [4.78, 5) is 27.5. The van der Waals surface area contributed by atoms with Gasteiger partial charge in [0.1, 0.15) is 5.56 Å². The molecule has 9 nitrogen and oxygen atoms in total. The fourth-order valence-electron chi connectivity index (χ4n) is 2.64. The number of terminal acetylenes is 1. The van der Waals surface area contributed by atoms with E-state index in [1.807, 2.05) is 0 Å². The van der Waals surface area contributed by atoms with Gasteiger partial charge in [-0.2, -0.15) is 15.3 Å². The van der Waals surface area contributed by atoms with Gasteiger partial charge in [-0.15, -0.1) is 12.3 Å². The zero-order valence-corrected chi connectivity index (χ0v) is 14.7. The molecule has 2 aromatic heterocycles. The summed E-state index contributed by atoms with van der Waals surface area (Å²) >= 11 is 0. The fourth-order valence-corrected chi connectivity index (χ4v) is 2.64. The Morgan fingerprint density at radius 2 is 2.07 bits per heavy atom. The van der Waals surface area contributed by atoms with Crippen LogP contribution in [-0.2, 0) is 0 Å². The summed E-state index contributed by atoms with van der Waals surface area (Å²) in [6.07, 6.45) is 9.84. The van der Waals surface area contributed by atoms with Crippen LogP contribution in [0.4, 0.5) is 0 Å². The minimum atomic E-state index is -1.05. The number of hydrogen-bond donors (Lipinski definition) is 2. The third kappa shape index (κ3) is 4.00. The second-order valence-corrected chi connectivity index (χ2v) is 6.16. The summed E-state index contributed by atoms with van der Waals surface area (Å²) in [7, 11) is 0. The maximum absolute atomic E-state index is 12.2. The Bertz CT molecular complexity index is 933. The molecule has 0 aromatic carbocycles. The number of carbonyl (C=O) groups is 2.